The van der Waals surface area contributed by atoms with Crippen LogP contribution in [0, 0.1) is 0 Å². The Labute approximate surface area is 283 Å². The molecule has 1 aliphatic heterocycles. The molecule has 1 heterocycles. The summed E-state index contributed by atoms with van der Waals surface area (Å²) in [6, 6.07) is 19.6. The average Bonchev–Trinajstić information content (AvgIpc) is 3.10. The highest BCUT2D eigenvalue weighted by atomic mass is 16.7. The van der Waals surface area contributed by atoms with E-state index in [1.54, 1.807) is 0 Å². The van der Waals surface area contributed by atoms with Crippen molar-refractivity contribution in [1.29, 1.82) is 0 Å². The third-order valence-corrected chi connectivity index (χ3v) is 8.57. The van der Waals surface area contributed by atoms with Gasteiger partial charge < -0.3 is 29.6 Å². The van der Waals surface area contributed by atoms with Crippen LogP contribution in [0.1, 0.15) is 121 Å². The molecule has 3 rings (SSSR count). The van der Waals surface area contributed by atoms with Crippen LogP contribution in [0.5, 0.6) is 0 Å². The third kappa shape index (κ3) is 18.8. The first-order valence-electron chi connectivity index (χ1n) is 18.2. The lowest BCUT2D eigenvalue weighted by Gasteiger charge is -2.26. The summed E-state index contributed by atoms with van der Waals surface area (Å²) in [6.07, 6.45) is 16.0. The molecule has 262 valence electrons. The first-order chi connectivity index (χ1) is 23.1. The fourth-order valence-electron chi connectivity index (χ4n) is 5.79. The molecular formula is C39H60N2O6. The van der Waals surface area contributed by atoms with Crippen molar-refractivity contribution >= 4 is 12.0 Å². The lowest BCUT2D eigenvalue weighted by molar-refractivity contribution is -0.167. The number of amides is 2. The van der Waals surface area contributed by atoms with Crippen LogP contribution in [0.2, 0.25) is 0 Å². The summed E-state index contributed by atoms with van der Waals surface area (Å²) < 4.78 is 23.5. The van der Waals surface area contributed by atoms with Gasteiger partial charge in [0.1, 0.15) is 6.61 Å². The topological polar surface area (TPSA) is 95.1 Å². The number of ether oxygens (including phenoxy) is 4. The Hall–Kier alpha value is -2.94. The van der Waals surface area contributed by atoms with Crippen molar-refractivity contribution in [1.82, 2.24) is 10.6 Å². The summed E-state index contributed by atoms with van der Waals surface area (Å²) in [5.74, 6) is -0.0348. The molecule has 0 saturated carbocycles. The number of nitrogens with one attached hydrogen (secondary N) is 2. The summed E-state index contributed by atoms with van der Waals surface area (Å²) in [5.41, 5.74) is 2.05. The fourth-order valence-corrected chi connectivity index (χ4v) is 5.79. The van der Waals surface area contributed by atoms with Crippen LogP contribution in [0.4, 0.5) is 4.79 Å². The van der Waals surface area contributed by atoms with Gasteiger partial charge in [0, 0.05) is 13.2 Å². The van der Waals surface area contributed by atoms with E-state index in [4.69, 9.17) is 18.9 Å². The van der Waals surface area contributed by atoms with E-state index in [1.165, 1.54) is 51.4 Å². The summed E-state index contributed by atoms with van der Waals surface area (Å²) in [5, 5.41) is 6.03. The van der Waals surface area contributed by atoms with E-state index in [2.05, 4.69) is 29.7 Å². The van der Waals surface area contributed by atoms with Gasteiger partial charge in [-0.3, -0.25) is 4.79 Å². The van der Waals surface area contributed by atoms with Gasteiger partial charge in [0.05, 0.1) is 31.8 Å². The van der Waals surface area contributed by atoms with Crippen molar-refractivity contribution < 1.29 is 28.5 Å². The Bertz CT molecular complexity index is 1060. The predicted octanol–water partition coefficient (Wildman–Crippen LogP) is 8.62. The molecule has 2 amide bonds. The van der Waals surface area contributed by atoms with Gasteiger partial charge in [-0.05, 0) is 49.7 Å². The molecule has 0 aliphatic carbocycles. The zero-order valence-electron chi connectivity index (χ0n) is 28.8. The SMILES string of the molecule is CCCCCCCCCCCC(CC(=O)N[C@H](CCCNC(=O)OCc1ccccc1)COC1CCCCO1)OCc1ccccc1. The Kier molecular flexibility index (Phi) is 20.6. The van der Waals surface area contributed by atoms with E-state index >= 15 is 0 Å². The fraction of sp³-hybridized carbons (Fsp3) is 0.641. The summed E-state index contributed by atoms with van der Waals surface area (Å²) in [6.45, 7) is 4.49. The van der Waals surface area contributed by atoms with Gasteiger partial charge in [0.25, 0.3) is 0 Å². The molecule has 0 bridgehead atoms. The largest absolute Gasteiger partial charge is 0.445 e. The van der Waals surface area contributed by atoms with E-state index in [9.17, 15) is 9.59 Å². The molecule has 8 heteroatoms. The molecule has 2 aromatic rings. The molecule has 2 N–H and O–H groups in total. The number of unbranched alkanes of at least 4 members (excludes halogenated alkanes) is 8. The minimum atomic E-state index is -0.448. The number of rotatable bonds is 25. The standard InChI is InChI=1S/C39H60N2O6/c1-2-3-4-5-6-7-8-9-16-25-36(45-30-33-20-12-10-13-21-33)29-37(42)41-35(32-46-38-26-17-18-28-44-38)24-19-27-40-39(43)47-31-34-22-14-11-15-23-34/h10-15,20-23,35-36,38H,2-9,16-19,24-32H2,1H3,(H,40,43)(H,41,42)/t35-,36?,38?/m1/s1. The maximum atomic E-state index is 13.4. The van der Waals surface area contributed by atoms with Crippen molar-refractivity contribution in [3.8, 4) is 0 Å². The summed E-state index contributed by atoms with van der Waals surface area (Å²) >= 11 is 0. The highest BCUT2D eigenvalue weighted by Crippen LogP contribution is 2.17. The second-order valence-corrected chi connectivity index (χ2v) is 12.8. The Balaban J connectivity index is 1.45. The van der Waals surface area contributed by atoms with Crippen molar-refractivity contribution in [3.63, 3.8) is 0 Å². The molecular weight excluding hydrogens is 592 g/mol. The first-order valence-corrected chi connectivity index (χ1v) is 18.2. The Morgan fingerprint density at radius 2 is 1.47 bits per heavy atom. The van der Waals surface area contributed by atoms with E-state index in [0.29, 0.717) is 45.6 Å². The van der Waals surface area contributed by atoms with Crippen LogP contribution >= 0.6 is 0 Å². The van der Waals surface area contributed by atoms with Crippen LogP contribution in [0.3, 0.4) is 0 Å². The van der Waals surface area contributed by atoms with Crippen LogP contribution in [0.15, 0.2) is 60.7 Å². The van der Waals surface area contributed by atoms with Gasteiger partial charge in [-0.25, -0.2) is 4.79 Å². The van der Waals surface area contributed by atoms with E-state index in [-0.39, 0.29) is 30.9 Å². The number of hydrogen-bond donors (Lipinski definition) is 2. The zero-order valence-corrected chi connectivity index (χ0v) is 28.8. The van der Waals surface area contributed by atoms with E-state index in [0.717, 1.165) is 43.2 Å². The second kappa shape index (κ2) is 25.1. The van der Waals surface area contributed by atoms with Gasteiger partial charge in [0.2, 0.25) is 5.91 Å². The molecule has 0 aromatic heterocycles. The van der Waals surface area contributed by atoms with Crippen molar-refractivity contribution in [2.45, 2.75) is 141 Å². The van der Waals surface area contributed by atoms with Gasteiger partial charge in [-0.2, -0.15) is 0 Å². The first kappa shape index (κ1) is 38.5. The molecule has 1 aliphatic rings. The monoisotopic (exact) mass is 652 g/mol. The summed E-state index contributed by atoms with van der Waals surface area (Å²) in [7, 11) is 0. The summed E-state index contributed by atoms with van der Waals surface area (Å²) in [4.78, 5) is 25.6. The quantitative estimate of drug-likeness (QED) is 0.104. The maximum Gasteiger partial charge on any atom is 0.407 e. The highest BCUT2D eigenvalue weighted by molar-refractivity contribution is 5.76. The zero-order chi connectivity index (χ0) is 33.2. The number of alkyl carbamates (subject to hydrolysis) is 1. The molecule has 2 aromatic carbocycles. The number of carbonyl (C=O) groups excluding carboxylic acids is 2. The normalized spacial score (nSPS) is 15.9. The molecule has 0 radical (unpaired) electrons. The second-order valence-electron chi connectivity index (χ2n) is 12.8. The van der Waals surface area contributed by atoms with Crippen molar-refractivity contribution in [2.75, 3.05) is 19.8 Å². The molecule has 47 heavy (non-hydrogen) atoms. The third-order valence-electron chi connectivity index (χ3n) is 8.57. The maximum absolute atomic E-state index is 13.4. The average molecular weight is 653 g/mol. The molecule has 1 fully saturated rings. The number of carbonyl (C=O) groups is 2. The number of hydrogen-bond acceptors (Lipinski definition) is 6. The van der Waals surface area contributed by atoms with Crippen LogP contribution in [-0.2, 0) is 37.0 Å². The molecule has 2 unspecified atom stereocenters. The van der Waals surface area contributed by atoms with Gasteiger partial charge in [-0.1, -0.05) is 125 Å². The molecule has 1 saturated heterocycles. The Morgan fingerprint density at radius 3 is 2.13 bits per heavy atom. The highest BCUT2D eigenvalue weighted by Gasteiger charge is 2.21. The van der Waals surface area contributed by atoms with Crippen LogP contribution in [0.25, 0.3) is 0 Å². The lowest BCUT2D eigenvalue weighted by atomic mass is 10.0. The van der Waals surface area contributed by atoms with Crippen LogP contribution < -0.4 is 10.6 Å². The molecule has 8 nitrogen and oxygen atoms in total. The van der Waals surface area contributed by atoms with Gasteiger partial charge in [0.15, 0.2) is 6.29 Å². The molecule has 3 atom stereocenters. The van der Waals surface area contributed by atoms with Crippen LogP contribution in [-0.4, -0.2) is 50.2 Å². The lowest BCUT2D eigenvalue weighted by Crippen LogP contribution is -2.41. The molecule has 0 spiro atoms. The van der Waals surface area contributed by atoms with Gasteiger partial charge >= 0.3 is 6.09 Å². The smallest absolute Gasteiger partial charge is 0.407 e. The minimum Gasteiger partial charge on any atom is -0.445 e. The van der Waals surface area contributed by atoms with Crippen molar-refractivity contribution in [3.05, 3.63) is 71.8 Å². The van der Waals surface area contributed by atoms with Gasteiger partial charge in [-0.15, -0.1) is 0 Å². The minimum absolute atomic E-state index is 0.0348. The van der Waals surface area contributed by atoms with Crippen molar-refractivity contribution in [2.24, 2.45) is 0 Å². The Morgan fingerprint density at radius 1 is 0.809 bits per heavy atom. The number of benzene rings is 2. The van der Waals surface area contributed by atoms with E-state index < -0.39 is 6.09 Å². The predicted molar refractivity (Wildman–Crippen MR) is 187 cm³/mol. The van der Waals surface area contributed by atoms with E-state index in [1.807, 2.05) is 48.5 Å².